The second-order valence-electron chi connectivity index (χ2n) is 6.01. The normalized spacial score (nSPS) is 14.1. The second kappa shape index (κ2) is 4.96. The van der Waals surface area contributed by atoms with Gasteiger partial charge in [-0.05, 0) is 23.8 Å². The Bertz CT molecular complexity index is 537. The summed E-state index contributed by atoms with van der Waals surface area (Å²) in [5.41, 5.74) is 1.24. The van der Waals surface area contributed by atoms with Crippen molar-refractivity contribution < 1.29 is 0 Å². The Morgan fingerprint density at radius 3 is 2.61 bits per heavy atom. The lowest BCUT2D eigenvalue weighted by atomic mass is 9.94. The molecule has 0 aliphatic rings. The van der Waals surface area contributed by atoms with Gasteiger partial charge in [0.2, 0.25) is 0 Å². The monoisotopic (exact) mass is 262 g/mol. The number of rotatable bonds is 3. The quantitative estimate of drug-likeness (QED) is 0.787. The predicted octanol–water partition coefficient (Wildman–Crippen LogP) is 4.89. The average Bonchev–Trinajstić information content (AvgIpc) is 2.74. The molecule has 2 heterocycles. The lowest BCUT2D eigenvalue weighted by Crippen LogP contribution is -2.17. The summed E-state index contributed by atoms with van der Waals surface area (Å²) in [5, 5.41) is 3.36. The number of aromatic nitrogens is 2. The van der Waals surface area contributed by atoms with Crippen molar-refractivity contribution in [3.05, 3.63) is 23.0 Å². The molecular weight excluding hydrogens is 240 g/mol. The molecule has 2 aromatic rings. The largest absolute Gasteiger partial charge is 0.236 e. The summed E-state index contributed by atoms with van der Waals surface area (Å²) in [7, 11) is 0. The molecule has 0 N–H and O–H groups in total. The van der Waals surface area contributed by atoms with Crippen LogP contribution in [0.5, 0.6) is 0 Å². The fourth-order valence-corrected chi connectivity index (χ4v) is 2.93. The molecule has 3 heteroatoms. The molecule has 0 aromatic carbocycles. The van der Waals surface area contributed by atoms with Gasteiger partial charge in [0.15, 0.2) is 0 Å². The van der Waals surface area contributed by atoms with Gasteiger partial charge in [-0.1, -0.05) is 41.0 Å². The van der Waals surface area contributed by atoms with Crippen molar-refractivity contribution in [2.75, 3.05) is 0 Å². The smallest absolute Gasteiger partial charge is 0.135 e. The Kier molecular flexibility index (Phi) is 3.71. The molecule has 0 amide bonds. The summed E-state index contributed by atoms with van der Waals surface area (Å²) >= 11 is 1.72. The van der Waals surface area contributed by atoms with Gasteiger partial charge in [-0.2, -0.15) is 0 Å². The molecule has 2 rings (SSSR count). The summed E-state index contributed by atoms with van der Waals surface area (Å²) in [6, 6.07) is 2.16. The van der Waals surface area contributed by atoms with Crippen LogP contribution in [0, 0.1) is 0 Å². The third kappa shape index (κ3) is 2.56. The zero-order valence-electron chi connectivity index (χ0n) is 11.9. The molecule has 0 bridgehead atoms. The SMILES string of the molecule is CCCC(C)c1nc(C(C)(C)C)nc2sccc12. The molecule has 0 aliphatic carbocycles. The van der Waals surface area contributed by atoms with Gasteiger partial charge >= 0.3 is 0 Å². The first-order chi connectivity index (χ1) is 8.43. The molecule has 0 radical (unpaired) electrons. The van der Waals surface area contributed by atoms with Crippen molar-refractivity contribution in [3.8, 4) is 0 Å². The van der Waals surface area contributed by atoms with Crippen molar-refractivity contribution in [1.82, 2.24) is 9.97 Å². The summed E-state index contributed by atoms with van der Waals surface area (Å²) in [6.07, 6.45) is 2.38. The first-order valence-corrected chi connectivity index (χ1v) is 7.57. The van der Waals surface area contributed by atoms with E-state index in [2.05, 4.69) is 46.1 Å². The number of thiophene rings is 1. The number of nitrogens with zero attached hydrogens (tertiary/aromatic N) is 2. The van der Waals surface area contributed by atoms with Crippen LogP contribution in [0.15, 0.2) is 11.4 Å². The first kappa shape index (κ1) is 13.5. The average molecular weight is 262 g/mol. The molecule has 2 aromatic heterocycles. The highest BCUT2D eigenvalue weighted by Crippen LogP contribution is 2.31. The van der Waals surface area contributed by atoms with Crippen LogP contribution in [0.4, 0.5) is 0 Å². The third-order valence-electron chi connectivity index (χ3n) is 3.21. The molecule has 0 spiro atoms. The van der Waals surface area contributed by atoms with E-state index in [-0.39, 0.29) is 5.41 Å². The Morgan fingerprint density at radius 1 is 1.28 bits per heavy atom. The molecule has 0 fully saturated rings. The van der Waals surface area contributed by atoms with E-state index >= 15 is 0 Å². The Labute approximate surface area is 113 Å². The highest BCUT2D eigenvalue weighted by molar-refractivity contribution is 7.16. The van der Waals surface area contributed by atoms with E-state index in [0.29, 0.717) is 5.92 Å². The predicted molar refractivity (Wildman–Crippen MR) is 79.4 cm³/mol. The van der Waals surface area contributed by atoms with Crippen LogP contribution in [0.3, 0.4) is 0 Å². The zero-order valence-corrected chi connectivity index (χ0v) is 12.8. The van der Waals surface area contributed by atoms with Gasteiger partial charge in [0.25, 0.3) is 0 Å². The minimum absolute atomic E-state index is 0.0128. The van der Waals surface area contributed by atoms with Gasteiger partial charge in [-0.3, -0.25) is 0 Å². The van der Waals surface area contributed by atoms with Crippen LogP contribution in [0.25, 0.3) is 10.2 Å². The lowest BCUT2D eigenvalue weighted by Gasteiger charge is -2.19. The highest BCUT2D eigenvalue weighted by atomic mass is 32.1. The lowest BCUT2D eigenvalue weighted by molar-refractivity contribution is 0.538. The third-order valence-corrected chi connectivity index (χ3v) is 4.02. The molecule has 0 saturated carbocycles. The van der Waals surface area contributed by atoms with E-state index in [9.17, 15) is 0 Å². The number of fused-ring (bicyclic) bond motifs is 1. The van der Waals surface area contributed by atoms with Crippen molar-refractivity contribution in [2.45, 2.75) is 58.8 Å². The molecule has 1 atom stereocenters. The van der Waals surface area contributed by atoms with Gasteiger partial charge in [-0.15, -0.1) is 11.3 Å². The fourth-order valence-electron chi connectivity index (χ4n) is 2.16. The van der Waals surface area contributed by atoms with Gasteiger partial charge in [0.1, 0.15) is 10.7 Å². The Hall–Kier alpha value is -0.960. The maximum atomic E-state index is 4.86. The van der Waals surface area contributed by atoms with E-state index in [0.717, 1.165) is 10.7 Å². The van der Waals surface area contributed by atoms with Crippen molar-refractivity contribution >= 4 is 21.6 Å². The van der Waals surface area contributed by atoms with Crippen molar-refractivity contribution in [3.63, 3.8) is 0 Å². The van der Waals surface area contributed by atoms with Gasteiger partial charge in [0, 0.05) is 10.8 Å². The van der Waals surface area contributed by atoms with Crippen LogP contribution in [0.1, 0.15) is 64.9 Å². The minimum atomic E-state index is 0.0128. The van der Waals surface area contributed by atoms with Gasteiger partial charge in [0.05, 0.1) is 5.69 Å². The van der Waals surface area contributed by atoms with E-state index in [1.54, 1.807) is 11.3 Å². The van der Waals surface area contributed by atoms with E-state index in [1.165, 1.54) is 23.9 Å². The zero-order chi connectivity index (χ0) is 13.3. The second-order valence-corrected chi connectivity index (χ2v) is 6.91. The molecule has 98 valence electrons. The molecule has 0 aliphatic heterocycles. The van der Waals surface area contributed by atoms with Gasteiger partial charge in [-0.25, -0.2) is 9.97 Å². The summed E-state index contributed by atoms with van der Waals surface area (Å²) in [6.45, 7) is 11.0. The molecule has 18 heavy (non-hydrogen) atoms. The van der Waals surface area contributed by atoms with Crippen LogP contribution in [-0.2, 0) is 5.41 Å². The standard InChI is InChI=1S/C15H22N2S/c1-6-7-10(2)12-11-8-9-18-13(11)17-14(16-12)15(3,4)5/h8-10H,6-7H2,1-5H3. The molecular formula is C15H22N2S. The fraction of sp³-hybridized carbons (Fsp3) is 0.600. The first-order valence-electron chi connectivity index (χ1n) is 6.69. The van der Waals surface area contributed by atoms with E-state index in [4.69, 9.17) is 9.97 Å². The topological polar surface area (TPSA) is 25.8 Å². The van der Waals surface area contributed by atoms with Crippen LogP contribution in [-0.4, -0.2) is 9.97 Å². The molecule has 0 saturated heterocycles. The van der Waals surface area contributed by atoms with E-state index < -0.39 is 0 Å². The number of hydrogen-bond acceptors (Lipinski definition) is 3. The van der Waals surface area contributed by atoms with E-state index in [1.807, 2.05) is 0 Å². The van der Waals surface area contributed by atoms with Crippen molar-refractivity contribution in [1.29, 1.82) is 0 Å². The van der Waals surface area contributed by atoms with Gasteiger partial charge < -0.3 is 0 Å². The molecule has 1 unspecified atom stereocenters. The maximum absolute atomic E-state index is 4.86. The molecule has 2 nitrogen and oxygen atoms in total. The maximum Gasteiger partial charge on any atom is 0.135 e. The number of hydrogen-bond donors (Lipinski definition) is 0. The summed E-state index contributed by atoms with van der Waals surface area (Å²) in [5.74, 6) is 1.48. The van der Waals surface area contributed by atoms with Crippen LogP contribution >= 0.6 is 11.3 Å². The van der Waals surface area contributed by atoms with Crippen molar-refractivity contribution in [2.24, 2.45) is 0 Å². The van der Waals surface area contributed by atoms with Crippen LogP contribution < -0.4 is 0 Å². The van der Waals surface area contributed by atoms with Crippen LogP contribution in [0.2, 0.25) is 0 Å². The minimum Gasteiger partial charge on any atom is -0.236 e. The highest BCUT2D eigenvalue weighted by Gasteiger charge is 2.21. The Balaban J connectivity index is 2.58. The summed E-state index contributed by atoms with van der Waals surface area (Å²) in [4.78, 5) is 10.7. The Morgan fingerprint density at radius 2 is 2.00 bits per heavy atom. The summed E-state index contributed by atoms with van der Waals surface area (Å²) < 4.78 is 0.